The molecule has 100 valence electrons. The van der Waals surface area contributed by atoms with Gasteiger partial charge in [0.05, 0.1) is 6.04 Å². The lowest BCUT2D eigenvalue weighted by Gasteiger charge is -2.42. The molecule has 1 aliphatic rings. The monoisotopic (exact) mass is 248 g/mol. The van der Waals surface area contributed by atoms with Crippen LogP contribution in [0.5, 0.6) is 0 Å². The van der Waals surface area contributed by atoms with Crippen molar-refractivity contribution in [1.29, 1.82) is 0 Å². The van der Waals surface area contributed by atoms with Gasteiger partial charge in [-0.3, -0.25) is 16.2 Å². The minimum atomic E-state index is 0.180. The van der Waals surface area contributed by atoms with Gasteiger partial charge in [0.15, 0.2) is 0 Å². The number of hydrogen-bond acceptors (Lipinski definition) is 4. The summed E-state index contributed by atoms with van der Waals surface area (Å²) in [6, 6.07) is 9.06. The molecule has 0 saturated carbocycles. The zero-order valence-corrected chi connectivity index (χ0v) is 11.6. The fourth-order valence-electron chi connectivity index (χ4n) is 2.75. The van der Waals surface area contributed by atoms with Gasteiger partial charge >= 0.3 is 0 Å². The molecule has 1 aliphatic heterocycles. The fourth-order valence-corrected chi connectivity index (χ4v) is 2.75. The van der Waals surface area contributed by atoms with Gasteiger partial charge in [0.25, 0.3) is 0 Å². The maximum Gasteiger partial charge on any atom is 0.0630 e. The Balaban J connectivity index is 2.25. The molecule has 0 bridgehead atoms. The van der Waals surface area contributed by atoms with Crippen LogP contribution in [0.2, 0.25) is 0 Å². The molecule has 0 radical (unpaired) electrons. The lowest BCUT2D eigenvalue weighted by molar-refractivity contribution is 0.0875. The largest absolute Gasteiger partial charge is 0.303 e. The van der Waals surface area contributed by atoms with Crippen molar-refractivity contribution >= 4 is 0 Å². The van der Waals surface area contributed by atoms with E-state index in [9.17, 15) is 0 Å². The van der Waals surface area contributed by atoms with Crippen LogP contribution in [0.1, 0.15) is 17.2 Å². The Bertz CT molecular complexity index is 393. The molecule has 0 aliphatic carbocycles. The second kappa shape index (κ2) is 5.80. The average Bonchev–Trinajstić information content (AvgIpc) is 2.36. The maximum absolute atomic E-state index is 5.82. The summed E-state index contributed by atoms with van der Waals surface area (Å²) >= 11 is 0. The van der Waals surface area contributed by atoms with Crippen molar-refractivity contribution in [3.05, 3.63) is 35.4 Å². The highest BCUT2D eigenvalue weighted by Crippen LogP contribution is 2.24. The topological polar surface area (TPSA) is 44.5 Å². The van der Waals surface area contributed by atoms with Gasteiger partial charge in [0, 0.05) is 25.7 Å². The smallest absolute Gasteiger partial charge is 0.0630 e. The summed E-state index contributed by atoms with van der Waals surface area (Å²) in [5, 5.41) is 0. The van der Waals surface area contributed by atoms with E-state index >= 15 is 0 Å². The third-order valence-electron chi connectivity index (χ3n) is 3.99. The van der Waals surface area contributed by atoms with E-state index < -0.39 is 0 Å². The van der Waals surface area contributed by atoms with E-state index in [4.69, 9.17) is 5.84 Å². The van der Waals surface area contributed by atoms with Crippen molar-refractivity contribution < 1.29 is 0 Å². The van der Waals surface area contributed by atoms with Crippen molar-refractivity contribution in [1.82, 2.24) is 15.2 Å². The average molecular weight is 248 g/mol. The Morgan fingerprint density at radius 3 is 2.67 bits per heavy atom. The minimum absolute atomic E-state index is 0.180. The minimum Gasteiger partial charge on any atom is -0.303 e. The molecule has 2 atom stereocenters. The summed E-state index contributed by atoms with van der Waals surface area (Å²) in [4.78, 5) is 4.77. The Hall–Kier alpha value is -0.940. The SMILES string of the molecule is Cc1ccccc1C(NN)C1CN(C)CCN1C. The van der Waals surface area contributed by atoms with E-state index in [1.165, 1.54) is 11.1 Å². The van der Waals surface area contributed by atoms with Crippen LogP contribution in [-0.2, 0) is 0 Å². The molecule has 4 heteroatoms. The van der Waals surface area contributed by atoms with Crippen LogP contribution >= 0.6 is 0 Å². The third-order valence-corrected chi connectivity index (χ3v) is 3.99. The molecular formula is C14H24N4. The molecule has 1 fully saturated rings. The van der Waals surface area contributed by atoms with E-state index in [1.807, 2.05) is 0 Å². The zero-order valence-electron chi connectivity index (χ0n) is 11.6. The van der Waals surface area contributed by atoms with Crippen LogP contribution < -0.4 is 11.3 Å². The summed E-state index contributed by atoms with van der Waals surface area (Å²) in [6.45, 7) is 5.40. The molecule has 18 heavy (non-hydrogen) atoms. The van der Waals surface area contributed by atoms with Crippen molar-refractivity contribution in [2.75, 3.05) is 33.7 Å². The Morgan fingerprint density at radius 1 is 1.28 bits per heavy atom. The summed E-state index contributed by atoms with van der Waals surface area (Å²) in [5.74, 6) is 5.82. The van der Waals surface area contributed by atoms with E-state index in [1.54, 1.807) is 0 Å². The molecule has 2 unspecified atom stereocenters. The van der Waals surface area contributed by atoms with Crippen LogP contribution in [0.3, 0.4) is 0 Å². The van der Waals surface area contributed by atoms with Crippen LogP contribution in [0, 0.1) is 6.92 Å². The first-order valence-corrected chi connectivity index (χ1v) is 6.54. The van der Waals surface area contributed by atoms with Gasteiger partial charge in [0.1, 0.15) is 0 Å². The molecule has 2 rings (SSSR count). The van der Waals surface area contributed by atoms with Gasteiger partial charge in [-0.25, -0.2) is 0 Å². The quantitative estimate of drug-likeness (QED) is 0.612. The Morgan fingerprint density at radius 2 is 2.00 bits per heavy atom. The van der Waals surface area contributed by atoms with Crippen molar-refractivity contribution in [2.24, 2.45) is 5.84 Å². The number of likely N-dealkylation sites (N-methyl/N-ethyl adjacent to an activating group) is 2. The zero-order chi connectivity index (χ0) is 13.1. The molecule has 0 amide bonds. The molecule has 4 nitrogen and oxygen atoms in total. The van der Waals surface area contributed by atoms with Crippen molar-refractivity contribution in [3.63, 3.8) is 0 Å². The molecular weight excluding hydrogens is 224 g/mol. The van der Waals surface area contributed by atoms with E-state index in [0.717, 1.165) is 19.6 Å². The van der Waals surface area contributed by atoms with Crippen LogP contribution in [0.4, 0.5) is 0 Å². The highest BCUT2D eigenvalue weighted by Gasteiger charge is 2.30. The number of nitrogens with two attached hydrogens (primary N) is 1. The first-order chi connectivity index (χ1) is 8.63. The molecule has 1 aromatic carbocycles. The third kappa shape index (κ3) is 2.72. The van der Waals surface area contributed by atoms with Gasteiger partial charge in [-0.1, -0.05) is 24.3 Å². The van der Waals surface area contributed by atoms with Crippen LogP contribution in [0.25, 0.3) is 0 Å². The van der Waals surface area contributed by atoms with E-state index in [-0.39, 0.29) is 6.04 Å². The Labute approximate surface area is 110 Å². The molecule has 1 saturated heterocycles. The summed E-state index contributed by atoms with van der Waals surface area (Å²) in [7, 11) is 4.35. The second-order valence-corrected chi connectivity index (χ2v) is 5.31. The van der Waals surface area contributed by atoms with Crippen molar-refractivity contribution in [3.8, 4) is 0 Å². The van der Waals surface area contributed by atoms with Crippen molar-refractivity contribution in [2.45, 2.75) is 19.0 Å². The number of benzene rings is 1. The fraction of sp³-hybridized carbons (Fsp3) is 0.571. The highest BCUT2D eigenvalue weighted by atomic mass is 15.3. The van der Waals surface area contributed by atoms with Gasteiger partial charge in [-0.05, 0) is 32.1 Å². The van der Waals surface area contributed by atoms with E-state index in [2.05, 4.69) is 60.5 Å². The molecule has 0 spiro atoms. The molecule has 1 aromatic rings. The van der Waals surface area contributed by atoms with Crippen LogP contribution in [0.15, 0.2) is 24.3 Å². The number of hydrazine groups is 1. The lowest BCUT2D eigenvalue weighted by atomic mass is 9.93. The van der Waals surface area contributed by atoms with Crippen LogP contribution in [-0.4, -0.2) is 49.6 Å². The van der Waals surface area contributed by atoms with Gasteiger partial charge < -0.3 is 4.90 Å². The lowest BCUT2D eigenvalue weighted by Crippen LogP contribution is -2.56. The van der Waals surface area contributed by atoms with Gasteiger partial charge in [0.2, 0.25) is 0 Å². The highest BCUT2D eigenvalue weighted by molar-refractivity contribution is 5.30. The molecule has 1 heterocycles. The Kier molecular flexibility index (Phi) is 4.35. The first-order valence-electron chi connectivity index (χ1n) is 6.54. The summed E-state index contributed by atoms with van der Waals surface area (Å²) in [6.07, 6.45) is 0. The predicted molar refractivity (Wildman–Crippen MR) is 75.2 cm³/mol. The first kappa shape index (κ1) is 13.5. The normalized spacial score (nSPS) is 24.1. The van der Waals surface area contributed by atoms with Gasteiger partial charge in [-0.15, -0.1) is 0 Å². The summed E-state index contributed by atoms with van der Waals surface area (Å²) < 4.78 is 0. The molecule has 0 aromatic heterocycles. The number of aryl methyl sites for hydroxylation is 1. The van der Waals surface area contributed by atoms with E-state index in [0.29, 0.717) is 6.04 Å². The second-order valence-electron chi connectivity index (χ2n) is 5.31. The number of piperazine rings is 1. The standard InChI is InChI=1S/C14H24N4/c1-11-6-4-5-7-12(11)14(16-15)13-10-17(2)8-9-18(13)3/h4-7,13-14,16H,8-10,15H2,1-3H3. The number of rotatable bonds is 3. The number of nitrogens with one attached hydrogen (secondary N) is 1. The number of hydrogen-bond donors (Lipinski definition) is 2. The molecule has 3 N–H and O–H groups in total. The predicted octanol–water partition coefficient (Wildman–Crippen LogP) is 0.745. The maximum atomic E-state index is 5.82. The number of nitrogens with zero attached hydrogens (tertiary/aromatic N) is 2. The summed E-state index contributed by atoms with van der Waals surface area (Å²) in [5.41, 5.74) is 5.60. The van der Waals surface area contributed by atoms with Gasteiger partial charge in [-0.2, -0.15) is 0 Å².